The second-order valence-electron chi connectivity index (χ2n) is 4.91. The van der Waals surface area contributed by atoms with E-state index in [4.69, 9.17) is 4.42 Å². The van der Waals surface area contributed by atoms with E-state index in [1.54, 1.807) is 0 Å². The summed E-state index contributed by atoms with van der Waals surface area (Å²) in [6, 6.07) is 13.8. The van der Waals surface area contributed by atoms with Crippen LogP contribution in [0.2, 0.25) is 0 Å². The van der Waals surface area contributed by atoms with Crippen LogP contribution in [0, 0.1) is 0 Å². The van der Waals surface area contributed by atoms with E-state index in [1.807, 2.05) is 49.4 Å². The monoisotopic (exact) mass is 281 g/mol. The first-order valence-electron chi connectivity index (χ1n) is 6.91. The van der Waals surface area contributed by atoms with Crippen molar-refractivity contribution in [1.82, 2.24) is 4.98 Å². The van der Waals surface area contributed by atoms with Crippen LogP contribution < -0.4 is 0 Å². The zero-order valence-corrected chi connectivity index (χ0v) is 11.7. The van der Waals surface area contributed by atoms with Crippen LogP contribution in [-0.4, -0.2) is 16.1 Å². The van der Waals surface area contributed by atoms with Gasteiger partial charge in [0.05, 0.1) is 5.69 Å². The molecule has 2 aromatic carbocycles. The Labute approximate surface area is 122 Å². The molecule has 3 rings (SSSR count). The summed E-state index contributed by atoms with van der Waals surface area (Å²) in [6.07, 6.45) is 1.42. The summed E-state index contributed by atoms with van der Waals surface area (Å²) >= 11 is 0. The summed E-state index contributed by atoms with van der Waals surface area (Å²) in [6.45, 7) is 1.98. The van der Waals surface area contributed by atoms with Gasteiger partial charge in [-0.25, -0.2) is 9.78 Å². The molecule has 0 aliphatic carbocycles. The smallest absolute Gasteiger partial charge is 0.373 e. The SMILES string of the molecule is CCCc1nc(-c2ccc3ccccc3c2)oc1C(=O)O. The highest BCUT2D eigenvalue weighted by molar-refractivity contribution is 5.88. The molecule has 0 saturated heterocycles. The summed E-state index contributed by atoms with van der Waals surface area (Å²) in [5.74, 6) is -0.764. The number of carboxylic acid groups (broad SMARTS) is 1. The normalized spacial score (nSPS) is 10.9. The van der Waals surface area contributed by atoms with Gasteiger partial charge in [-0.3, -0.25) is 0 Å². The molecule has 0 atom stereocenters. The highest BCUT2D eigenvalue weighted by Gasteiger charge is 2.19. The van der Waals surface area contributed by atoms with Crippen molar-refractivity contribution in [3.8, 4) is 11.5 Å². The summed E-state index contributed by atoms with van der Waals surface area (Å²) in [7, 11) is 0. The Bertz CT molecular complexity index is 805. The summed E-state index contributed by atoms with van der Waals surface area (Å²) in [5.41, 5.74) is 1.30. The van der Waals surface area contributed by atoms with Crippen LogP contribution in [-0.2, 0) is 6.42 Å². The van der Waals surface area contributed by atoms with Crippen molar-refractivity contribution in [3.05, 3.63) is 53.9 Å². The molecule has 4 nitrogen and oxygen atoms in total. The van der Waals surface area contributed by atoms with E-state index in [0.29, 0.717) is 18.0 Å². The lowest BCUT2D eigenvalue weighted by atomic mass is 10.1. The topological polar surface area (TPSA) is 63.3 Å². The lowest BCUT2D eigenvalue weighted by Crippen LogP contribution is -1.99. The number of carbonyl (C=O) groups is 1. The van der Waals surface area contributed by atoms with Crippen LogP contribution in [0.4, 0.5) is 0 Å². The number of hydrogen-bond acceptors (Lipinski definition) is 3. The Kier molecular flexibility index (Phi) is 3.44. The van der Waals surface area contributed by atoms with Gasteiger partial charge in [0, 0.05) is 5.56 Å². The number of aromatic carboxylic acids is 1. The van der Waals surface area contributed by atoms with Crippen LogP contribution >= 0.6 is 0 Å². The van der Waals surface area contributed by atoms with Crippen LogP contribution in [0.25, 0.3) is 22.2 Å². The molecule has 106 valence electrons. The summed E-state index contributed by atoms with van der Waals surface area (Å²) < 4.78 is 5.45. The van der Waals surface area contributed by atoms with Gasteiger partial charge in [-0.05, 0) is 29.3 Å². The first-order chi connectivity index (χ1) is 10.2. The number of benzene rings is 2. The Balaban J connectivity index is 2.09. The van der Waals surface area contributed by atoms with Gasteiger partial charge in [0.1, 0.15) is 0 Å². The van der Waals surface area contributed by atoms with E-state index in [2.05, 4.69) is 4.98 Å². The predicted molar refractivity (Wildman–Crippen MR) is 80.4 cm³/mol. The molecule has 21 heavy (non-hydrogen) atoms. The molecule has 0 aliphatic rings. The van der Waals surface area contributed by atoms with Gasteiger partial charge < -0.3 is 9.52 Å². The van der Waals surface area contributed by atoms with Crippen molar-refractivity contribution >= 4 is 16.7 Å². The van der Waals surface area contributed by atoms with Crippen molar-refractivity contribution in [1.29, 1.82) is 0 Å². The highest BCUT2D eigenvalue weighted by Crippen LogP contribution is 2.26. The predicted octanol–water partition coefficient (Wildman–Crippen LogP) is 4.15. The molecule has 1 aromatic heterocycles. The molecule has 0 aliphatic heterocycles. The van der Waals surface area contributed by atoms with Gasteiger partial charge in [-0.15, -0.1) is 0 Å². The minimum atomic E-state index is -1.07. The molecule has 1 N–H and O–H groups in total. The van der Waals surface area contributed by atoms with Gasteiger partial charge in [0.15, 0.2) is 0 Å². The molecule has 4 heteroatoms. The number of nitrogens with zero attached hydrogens (tertiary/aromatic N) is 1. The fourth-order valence-electron chi connectivity index (χ4n) is 2.37. The fraction of sp³-hybridized carbons (Fsp3) is 0.176. The fourth-order valence-corrected chi connectivity index (χ4v) is 2.37. The molecule has 0 saturated carbocycles. The maximum atomic E-state index is 11.2. The minimum Gasteiger partial charge on any atom is -0.475 e. The zero-order chi connectivity index (χ0) is 14.8. The molecular formula is C17H15NO3. The first-order valence-corrected chi connectivity index (χ1v) is 6.91. The Morgan fingerprint density at radius 3 is 2.67 bits per heavy atom. The molecular weight excluding hydrogens is 266 g/mol. The average molecular weight is 281 g/mol. The van der Waals surface area contributed by atoms with E-state index < -0.39 is 5.97 Å². The van der Waals surface area contributed by atoms with Crippen molar-refractivity contribution in [2.24, 2.45) is 0 Å². The molecule has 0 radical (unpaired) electrons. The quantitative estimate of drug-likeness (QED) is 0.780. The van der Waals surface area contributed by atoms with E-state index in [9.17, 15) is 9.90 Å². The standard InChI is InChI=1S/C17H15NO3/c1-2-5-14-15(17(19)20)21-16(18-14)13-9-8-11-6-3-4-7-12(11)10-13/h3-4,6-10H,2,5H2,1H3,(H,19,20). The second-order valence-corrected chi connectivity index (χ2v) is 4.91. The first kappa shape index (κ1) is 13.4. The van der Waals surface area contributed by atoms with E-state index in [-0.39, 0.29) is 5.76 Å². The number of hydrogen-bond donors (Lipinski definition) is 1. The molecule has 0 fully saturated rings. The largest absolute Gasteiger partial charge is 0.475 e. The van der Waals surface area contributed by atoms with Crippen molar-refractivity contribution < 1.29 is 14.3 Å². The minimum absolute atomic E-state index is 0.0555. The van der Waals surface area contributed by atoms with E-state index in [1.165, 1.54) is 0 Å². The Hall–Kier alpha value is -2.62. The number of oxazole rings is 1. The van der Waals surface area contributed by atoms with Gasteiger partial charge in [0.2, 0.25) is 11.7 Å². The molecule has 0 bridgehead atoms. The third-order valence-corrected chi connectivity index (χ3v) is 3.37. The lowest BCUT2D eigenvalue weighted by Gasteiger charge is -1.99. The highest BCUT2D eigenvalue weighted by atomic mass is 16.4. The number of rotatable bonds is 4. The molecule has 0 unspecified atom stereocenters. The number of aryl methyl sites for hydroxylation is 1. The van der Waals surface area contributed by atoms with Gasteiger partial charge >= 0.3 is 5.97 Å². The zero-order valence-electron chi connectivity index (χ0n) is 11.7. The number of fused-ring (bicyclic) bond motifs is 1. The molecule has 1 heterocycles. The second kappa shape index (κ2) is 5.40. The van der Waals surface area contributed by atoms with Crippen LogP contribution in [0.15, 0.2) is 46.9 Å². The van der Waals surface area contributed by atoms with Crippen LogP contribution in [0.1, 0.15) is 29.6 Å². The number of carboxylic acids is 1. The van der Waals surface area contributed by atoms with Gasteiger partial charge in [-0.2, -0.15) is 0 Å². The molecule has 3 aromatic rings. The van der Waals surface area contributed by atoms with Crippen LogP contribution in [0.5, 0.6) is 0 Å². The third-order valence-electron chi connectivity index (χ3n) is 3.37. The molecule has 0 amide bonds. The Morgan fingerprint density at radius 2 is 1.95 bits per heavy atom. The van der Waals surface area contributed by atoms with Crippen LogP contribution in [0.3, 0.4) is 0 Å². The lowest BCUT2D eigenvalue weighted by molar-refractivity contribution is 0.0661. The maximum Gasteiger partial charge on any atom is 0.373 e. The van der Waals surface area contributed by atoms with Gasteiger partial charge in [0.25, 0.3) is 0 Å². The van der Waals surface area contributed by atoms with Crippen molar-refractivity contribution in [3.63, 3.8) is 0 Å². The third kappa shape index (κ3) is 2.52. The maximum absolute atomic E-state index is 11.2. The van der Waals surface area contributed by atoms with Gasteiger partial charge in [-0.1, -0.05) is 43.7 Å². The van der Waals surface area contributed by atoms with E-state index in [0.717, 1.165) is 22.8 Å². The van der Waals surface area contributed by atoms with E-state index >= 15 is 0 Å². The molecule has 0 spiro atoms. The number of aromatic nitrogens is 1. The van der Waals surface area contributed by atoms with Crippen molar-refractivity contribution in [2.75, 3.05) is 0 Å². The average Bonchev–Trinajstić information content (AvgIpc) is 2.91. The Morgan fingerprint density at radius 1 is 1.19 bits per heavy atom. The summed E-state index contributed by atoms with van der Waals surface area (Å²) in [5, 5.41) is 11.4. The van der Waals surface area contributed by atoms with Crippen molar-refractivity contribution in [2.45, 2.75) is 19.8 Å². The summed E-state index contributed by atoms with van der Waals surface area (Å²) in [4.78, 5) is 15.6.